The Kier molecular flexibility index (Phi) is 21.6. The summed E-state index contributed by atoms with van der Waals surface area (Å²) in [5, 5.41) is 15.0. The number of hydrogen-bond acceptors (Lipinski definition) is 15. The number of aliphatic imine (C=N–C) groups is 1. The molecule has 380 valence electrons. The van der Waals surface area contributed by atoms with Crippen LogP contribution >= 0.6 is 0 Å². The summed E-state index contributed by atoms with van der Waals surface area (Å²) in [5.74, 6) is -5.11. The number of carbonyl (C=O) groups is 9. The highest BCUT2D eigenvalue weighted by Crippen LogP contribution is 2.21. The number of nitrogens with zero attached hydrogens (tertiary/aromatic N) is 2. The summed E-state index contributed by atoms with van der Waals surface area (Å²) in [6.45, 7) is -0.303. The topological polar surface area (TPSA) is 288 Å². The molecule has 0 unspecified atom stereocenters. The monoisotopic (exact) mass is 984 g/mol. The van der Waals surface area contributed by atoms with Crippen LogP contribution in [-0.4, -0.2) is 116 Å². The Balaban J connectivity index is 1.29. The van der Waals surface area contributed by atoms with Crippen molar-refractivity contribution >= 4 is 59.8 Å². The molecule has 0 spiro atoms. The van der Waals surface area contributed by atoms with Crippen LogP contribution in [0.25, 0.3) is 0 Å². The summed E-state index contributed by atoms with van der Waals surface area (Å²) in [7, 11) is 1.36. The van der Waals surface area contributed by atoms with Crippen molar-refractivity contribution < 1.29 is 66.8 Å². The summed E-state index contributed by atoms with van der Waals surface area (Å²) in [5.41, 5.74) is 2.03. The fraction of sp³-hybridized carbons (Fsp3) is 0.429. The van der Waals surface area contributed by atoms with Gasteiger partial charge in [-0.05, 0) is 73.8 Å². The highest BCUT2D eigenvalue weighted by atomic mass is 16.8. The quantitative estimate of drug-likeness (QED) is 0.0336. The lowest BCUT2D eigenvalue weighted by Gasteiger charge is -2.30. The number of carbonyl (C=O) groups excluding carboxylic acids is 9. The normalized spacial score (nSPS) is 18.1. The van der Waals surface area contributed by atoms with E-state index >= 15 is 0 Å². The van der Waals surface area contributed by atoms with Crippen LogP contribution in [0.5, 0.6) is 0 Å². The molecule has 71 heavy (non-hydrogen) atoms. The van der Waals surface area contributed by atoms with Crippen LogP contribution in [-0.2, 0) is 67.4 Å². The van der Waals surface area contributed by atoms with Gasteiger partial charge in [0.2, 0.25) is 36.4 Å². The SMILES string of the molecule is CC[C@H]1NC(=O)c2cccc(c2)CNC(=O)[C@H](CC(=O)OCOC(=O)OC2CCCCC2)NC(=O)CNC(=O)[C@H](CCCN=C(NC(=O)OCc2ccccc2)NC(=O)OCc2ccccc2)N(C)C1=O. The van der Waals surface area contributed by atoms with E-state index in [0.29, 0.717) is 29.5 Å². The Morgan fingerprint density at radius 3 is 1.99 bits per heavy atom. The molecule has 0 radical (unpaired) electrons. The van der Waals surface area contributed by atoms with E-state index in [1.807, 2.05) is 0 Å². The maximum Gasteiger partial charge on any atom is 0.511 e. The zero-order chi connectivity index (χ0) is 51.0. The molecule has 22 nitrogen and oxygen atoms in total. The summed E-state index contributed by atoms with van der Waals surface area (Å²) < 4.78 is 25.8. The largest absolute Gasteiger partial charge is 0.511 e. The standard InChI is InChI=1S/C49H60N8O14/c1-3-37-45(63)57(2)39(23-14-24-50-46(55-47(64)67-29-32-15-7-4-8-16-32)56-48(65)68-30-33-17-9-5-10-18-33)44(62)52-28-40(58)53-38(43(61)51-27-34-19-13-20-35(25-34)42(60)54-37)26-41(59)69-31-70-49(66)71-36-21-11-6-12-22-36/h4-5,7-10,13,15-20,25,36-39H,3,6,11-12,14,21-24,26-31H2,1-2H3,(H,51,61)(H,52,62)(H,53,58)(H,54,60)(H2,50,55,56,64,65)/t37-,38+,39+/m1/s1. The van der Waals surface area contributed by atoms with E-state index in [1.165, 1.54) is 19.2 Å². The molecule has 22 heteroatoms. The number of amides is 7. The summed E-state index contributed by atoms with van der Waals surface area (Å²) in [4.78, 5) is 125. The minimum Gasteiger partial charge on any atom is -0.444 e. The van der Waals surface area contributed by atoms with Crippen molar-refractivity contribution in [2.45, 2.75) is 109 Å². The fourth-order valence-corrected chi connectivity index (χ4v) is 7.37. The third-order valence-electron chi connectivity index (χ3n) is 11.2. The Morgan fingerprint density at radius 2 is 1.35 bits per heavy atom. The van der Waals surface area contributed by atoms with Crippen molar-refractivity contribution in [2.75, 3.05) is 26.9 Å². The predicted octanol–water partition coefficient (Wildman–Crippen LogP) is 3.62. The number of rotatable bonds is 14. The van der Waals surface area contributed by atoms with Crippen LogP contribution in [0.15, 0.2) is 89.9 Å². The number of alkyl carbamates (subject to hydrolysis) is 2. The van der Waals surface area contributed by atoms with Gasteiger partial charge in [0, 0.05) is 25.7 Å². The molecule has 1 aliphatic heterocycles. The molecule has 1 aliphatic carbocycles. The Morgan fingerprint density at radius 1 is 0.718 bits per heavy atom. The second kappa shape index (κ2) is 28.5. The number of nitrogens with one attached hydrogen (secondary N) is 6. The smallest absolute Gasteiger partial charge is 0.444 e. The van der Waals surface area contributed by atoms with Gasteiger partial charge in [0.15, 0.2) is 0 Å². The van der Waals surface area contributed by atoms with Crippen LogP contribution in [0.2, 0.25) is 0 Å². The third-order valence-corrected chi connectivity index (χ3v) is 11.2. The first-order valence-electron chi connectivity index (χ1n) is 23.3. The van der Waals surface area contributed by atoms with Gasteiger partial charge in [-0.1, -0.05) is 86.1 Å². The number of benzene rings is 3. The van der Waals surface area contributed by atoms with Crippen LogP contribution in [0.4, 0.5) is 14.4 Å². The molecule has 6 N–H and O–H groups in total. The van der Waals surface area contributed by atoms with Gasteiger partial charge in [-0.25, -0.2) is 14.4 Å². The zero-order valence-corrected chi connectivity index (χ0v) is 39.6. The molecule has 3 aromatic carbocycles. The minimum absolute atomic E-state index is 0.0508. The predicted molar refractivity (Wildman–Crippen MR) is 252 cm³/mol. The van der Waals surface area contributed by atoms with Crippen molar-refractivity contribution in [3.05, 3.63) is 107 Å². The van der Waals surface area contributed by atoms with Crippen LogP contribution in [0.1, 0.15) is 91.8 Å². The number of ether oxygens (including phenoxy) is 5. The Hall–Kier alpha value is -8.04. The molecular formula is C49H60N8O14. The molecule has 7 amide bonds. The lowest BCUT2D eigenvalue weighted by molar-refractivity contribution is -0.155. The van der Waals surface area contributed by atoms with Gasteiger partial charge in [-0.3, -0.25) is 44.4 Å². The van der Waals surface area contributed by atoms with Gasteiger partial charge >= 0.3 is 24.3 Å². The van der Waals surface area contributed by atoms with Crippen molar-refractivity contribution in [1.82, 2.24) is 36.8 Å². The van der Waals surface area contributed by atoms with Gasteiger partial charge in [0.1, 0.15) is 37.4 Å². The number of guanidine groups is 1. The maximum atomic E-state index is 14.0. The van der Waals surface area contributed by atoms with Gasteiger partial charge in [-0.15, -0.1) is 0 Å². The average Bonchev–Trinajstić information content (AvgIpc) is 3.37. The molecule has 1 fully saturated rings. The highest BCUT2D eigenvalue weighted by molar-refractivity contribution is 6.01. The number of fused-ring (bicyclic) bond motifs is 2. The number of likely N-dealkylation sites (N-methyl/N-ethyl adjacent to an activating group) is 1. The summed E-state index contributed by atoms with van der Waals surface area (Å²) >= 11 is 0. The van der Waals surface area contributed by atoms with E-state index in [4.69, 9.17) is 23.7 Å². The van der Waals surface area contributed by atoms with Crippen molar-refractivity contribution in [2.24, 2.45) is 4.99 Å². The zero-order valence-electron chi connectivity index (χ0n) is 39.6. The molecule has 0 saturated heterocycles. The minimum atomic E-state index is -1.54. The fourth-order valence-electron chi connectivity index (χ4n) is 7.37. The molecule has 3 aromatic rings. The molecule has 2 aliphatic rings. The van der Waals surface area contributed by atoms with E-state index in [0.717, 1.165) is 24.2 Å². The molecular weight excluding hydrogens is 925 g/mol. The lowest BCUT2D eigenvalue weighted by atomic mass is 9.98. The maximum absolute atomic E-state index is 14.0. The number of esters is 1. The van der Waals surface area contributed by atoms with E-state index in [1.54, 1.807) is 79.7 Å². The van der Waals surface area contributed by atoms with Crippen LogP contribution in [0, 0.1) is 0 Å². The second-order valence-corrected chi connectivity index (χ2v) is 16.5. The molecule has 3 atom stereocenters. The van der Waals surface area contributed by atoms with Gasteiger partial charge in [0.25, 0.3) is 5.91 Å². The Bertz CT molecular complexity index is 2290. The third kappa shape index (κ3) is 18.8. The van der Waals surface area contributed by atoms with Gasteiger partial charge in [0.05, 0.1) is 13.0 Å². The first kappa shape index (κ1) is 53.9. The van der Waals surface area contributed by atoms with Crippen LogP contribution in [0.3, 0.4) is 0 Å². The first-order valence-corrected chi connectivity index (χ1v) is 23.3. The van der Waals surface area contributed by atoms with Gasteiger partial charge in [-0.2, -0.15) is 0 Å². The first-order chi connectivity index (χ1) is 34.3. The second-order valence-electron chi connectivity index (χ2n) is 16.5. The molecule has 5 rings (SSSR count). The molecule has 0 aromatic heterocycles. The van der Waals surface area contributed by atoms with E-state index in [9.17, 15) is 43.2 Å². The average molecular weight is 985 g/mol. The van der Waals surface area contributed by atoms with E-state index in [-0.39, 0.29) is 63.2 Å². The lowest BCUT2D eigenvalue weighted by Crippen LogP contribution is -2.55. The highest BCUT2D eigenvalue weighted by Gasteiger charge is 2.33. The molecule has 1 heterocycles. The van der Waals surface area contributed by atoms with E-state index in [2.05, 4.69) is 36.9 Å². The van der Waals surface area contributed by atoms with Crippen LogP contribution < -0.4 is 31.9 Å². The molecule has 1 saturated carbocycles. The summed E-state index contributed by atoms with van der Waals surface area (Å²) in [6.07, 6.45) is 0.408. The van der Waals surface area contributed by atoms with E-state index < -0.39 is 91.7 Å². The van der Waals surface area contributed by atoms with Crippen molar-refractivity contribution in [1.29, 1.82) is 0 Å². The summed E-state index contributed by atoms with van der Waals surface area (Å²) in [6, 6.07) is 20.0. The van der Waals surface area contributed by atoms with Crippen molar-refractivity contribution in [3.8, 4) is 0 Å². The number of hydrogen-bond donors (Lipinski definition) is 6. The van der Waals surface area contributed by atoms with Gasteiger partial charge < -0.3 is 49.9 Å². The molecule has 2 bridgehead atoms. The Labute approximate surface area is 410 Å². The van der Waals surface area contributed by atoms with Crippen molar-refractivity contribution in [3.63, 3.8) is 0 Å².